The van der Waals surface area contributed by atoms with Gasteiger partial charge >= 0.3 is 5.97 Å². The summed E-state index contributed by atoms with van der Waals surface area (Å²) in [6.07, 6.45) is 0.111. The van der Waals surface area contributed by atoms with Crippen LogP contribution in [0.3, 0.4) is 0 Å². The summed E-state index contributed by atoms with van der Waals surface area (Å²) >= 11 is 0. The summed E-state index contributed by atoms with van der Waals surface area (Å²) in [4.78, 5) is 44.0. The van der Waals surface area contributed by atoms with Crippen molar-refractivity contribution in [3.05, 3.63) is 40.4 Å². The van der Waals surface area contributed by atoms with E-state index in [1.54, 1.807) is 22.5 Å². The molecule has 1 unspecified atom stereocenters. The highest BCUT2D eigenvalue weighted by molar-refractivity contribution is 5.82. The summed E-state index contributed by atoms with van der Waals surface area (Å²) in [5.41, 5.74) is 0.510. The highest BCUT2D eigenvalue weighted by Gasteiger charge is 2.26. The molecule has 2 aromatic rings. The first-order valence-electron chi connectivity index (χ1n) is 10.2. The molecule has 0 aliphatic carbocycles. The summed E-state index contributed by atoms with van der Waals surface area (Å²) in [5, 5.41) is 0.564. The number of amides is 1. The van der Waals surface area contributed by atoms with E-state index in [2.05, 4.69) is 0 Å². The fraction of sp³-hybridized carbons (Fsp3) is 0.545. The molecule has 29 heavy (non-hydrogen) atoms. The van der Waals surface area contributed by atoms with Gasteiger partial charge in [0.25, 0.3) is 5.56 Å². The number of carbonyl (C=O) groups is 2. The minimum atomic E-state index is -0.399. The maximum Gasteiger partial charge on any atom is 0.306 e. The fourth-order valence-electron chi connectivity index (χ4n) is 3.40. The normalized spacial score (nSPS) is 12.2. The van der Waals surface area contributed by atoms with E-state index in [1.165, 1.54) is 0 Å². The number of esters is 1. The fourth-order valence-corrected chi connectivity index (χ4v) is 3.40. The van der Waals surface area contributed by atoms with Crippen molar-refractivity contribution in [3.8, 4) is 0 Å². The van der Waals surface area contributed by atoms with E-state index < -0.39 is 6.04 Å². The van der Waals surface area contributed by atoms with E-state index in [-0.39, 0.29) is 36.2 Å². The molecule has 0 N–H and O–H groups in total. The van der Waals surface area contributed by atoms with E-state index in [0.717, 1.165) is 0 Å². The van der Waals surface area contributed by atoms with Crippen LogP contribution < -0.4 is 5.56 Å². The largest absolute Gasteiger partial charge is 0.466 e. The van der Waals surface area contributed by atoms with Crippen LogP contribution in [0.4, 0.5) is 0 Å². The third kappa shape index (κ3) is 5.43. The van der Waals surface area contributed by atoms with E-state index in [4.69, 9.17) is 9.72 Å². The molecule has 0 bridgehead atoms. The summed E-state index contributed by atoms with van der Waals surface area (Å²) in [5.74, 6) is 0.254. The molecule has 0 spiro atoms. The summed E-state index contributed by atoms with van der Waals surface area (Å²) in [7, 11) is 0. The van der Waals surface area contributed by atoms with Crippen LogP contribution >= 0.6 is 0 Å². The van der Waals surface area contributed by atoms with Gasteiger partial charge in [0.2, 0.25) is 5.91 Å². The highest BCUT2D eigenvalue weighted by atomic mass is 16.5. The second-order valence-corrected chi connectivity index (χ2v) is 7.46. The molecule has 1 heterocycles. The number of rotatable bonds is 9. The number of aromatic nitrogens is 2. The molecule has 1 aromatic heterocycles. The van der Waals surface area contributed by atoms with Gasteiger partial charge < -0.3 is 9.64 Å². The monoisotopic (exact) mass is 401 g/mol. The Labute approximate surface area is 171 Å². The molecule has 0 saturated carbocycles. The van der Waals surface area contributed by atoms with Crippen molar-refractivity contribution in [2.75, 3.05) is 13.2 Å². The van der Waals surface area contributed by atoms with Crippen LogP contribution in [0.25, 0.3) is 10.9 Å². The molecular formula is C22H31N3O4. The Hall–Kier alpha value is -2.70. The molecule has 0 aliphatic heterocycles. The summed E-state index contributed by atoms with van der Waals surface area (Å²) in [6.45, 7) is 10.8. The van der Waals surface area contributed by atoms with Crippen molar-refractivity contribution < 1.29 is 14.3 Å². The molecule has 0 aliphatic rings. The lowest BCUT2D eigenvalue weighted by atomic mass is 10.1. The molecule has 7 nitrogen and oxygen atoms in total. The highest BCUT2D eigenvalue weighted by Crippen LogP contribution is 2.22. The Bertz CT molecular complexity index is 920. The average Bonchev–Trinajstić information content (AvgIpc) is 2.69. The van der Waals surface area contributed by atoms with Gasteiger partial charge in [0.05, 0.1) is 30.0 Å². The van der Waals surface area contributed by atoms with Gasteiger partial charge in [-0.2, -0.15) is 0 Å². The zero-order valence-corrected chi connectivity index (χ0v) is 18.0. The Morgan fingerprint density at radius 3 is 2.45 bits per heavy atom. The molecule has 1 amide bonds. The average molecular weight is 402 g/mol. The first-order chi connectivity index (χ1) is 13.8. The van der Waals surface area contributed by atoms with E-state index >= 15 is 0 Å². The molecule has 1 aromatic carbocycles. The van der Waals surface area contributed by atoms with Crippen molar-refractivity contribution in [3.63, 3.8) is 0 Å². The number of hydrogen-bond acceptors (Lipinski definition) is 5. The topological polar surface area (TPSA) is 81.5 Å². The number of carbonyl (C=O) groups excluding carboxylic acids is 2. The second-order valence-electron chi connectivity index (χ2n) is 7.46. The van der Waals surface area contributed by atoms with Gasteiger partial charge in [-0.15, -0.1) is 0 Å². The van der Waals surface area contributed by atoms with Crippen LogP contribution in [0.2, 0.25) is 0 Å². The Morgan fingerprint density at radius 1 is 1.14 bits per heavy atom. The molecule has 0 saturated heterocycles. The van der Waals surface area contributed by atoms with Gasteiger partial charge in [-0.25, -0.2) is 4.98 Å². The maximum atomic E-state index is 13.0. The number of nitrogens with zero attached hydrogens (tertiary/aromatic N) is 3. The Balaban J connectivity index is 2.40. The second kappa shape index (κ2) is 10.2. The van der Waals surface area contributed by atoms with Crippen LogP contribution in [-0.2, 0) is 20.9 Å². The lowest BCUT2D eigenvalue weighted by Crippen LogP contribution is -2.39. The third-order valence-corrected chi connectivity index (χ3v) is 4.78. The first-order valence-corrected chi connectivity index (χ1v) is 10.2. The van der Waals surface area contributed by atoms with Crippen molar-refractivity contribution >= 4 is 22.8 Å². The number of benzene rings is 1. The predicted molar refractivity (Wildman–Crippen MR) is 113 cm³/mol. The van der Waals surface area contributed by atoms with Crippen molar-refractivity contribution in [1.29, 1.82) is 0 Å². The zero-order valence-electron chi connectivity index (χ0n) is 18.0. The summed E-state index contributed by atoms with van der Waals surface area (Å²) in [6, 6.07) is 6.84. The number of para-hydroxylation sites is 1. The van der Waals surface area contributed by atoms with E-state index in [0.29, 0.717) is 36.4 Å². The molecular weight excluding hydrogens is 370 g/mol. The van der Waals surface area contributed by atoms with Crippen LogP contribution in [0, 0.1) is 5.92 Å². The minimum Gasteiger partial charge on any atom is -0.466 e. The van der Waals surface area contributed by atoms with Gasteiger partial charge in [-0.1, -0.05) is 26.0 Å². The molecule has 158 valence electrons. The Morgan fingerprint density at radius 2 is 1.83 bits per heavy atom. The molecule has 0 fully saturated rings. The maximum absolute atomic E-state index is 13.0. The van der Waals surface area contributed by atoms with E-state index in [1.807, 2.05) is 45.9 Å². The van der Waals surface area contributed by atoms with Crippen LogP contribution in [0.1, 0.15) is 59.3 Å². The predicted octanol–water partition coefficient (Wildman–Crippen LogP) is 3.31. The first kappa shape index (κ1) is 22.6. The number of fused-ring (bicyclic) bond motifs is 1. The van der Waals surface area contributed by atoms with Gasteiger partial charge in [0.1, 0.15) is 5.82 Å². The third-order valence-electron chi connectivity index (χ3n) is 4.78. The molecule has 2 rings (SSSR count). The lowest BCUT2D eigenvalue weighted by molar-refractivity contribution is -0.146. The minimum absolute atomic E-state index is 0.0414. The SMILES string of the molecule is CCOC(=O)CCC(=O)N(CC(C)C)C(C)c1nc2ccccc2c(=O)n1CC. The Kier molecular flexibility index (Phi) is 7.93. The number of ether oxygens (including phenoxy) is 1. The van der Waals surface area contributed by atoms with Gasteiger partial charge in [-0.05, 0) is 38.8 Å². The standard InChI is InChI=1S/C22H31N3O4/c1-6-24-21(23-18-11-9-8-10-17(18)22(24)28)16(5)25(14-15(3)4)19(26)12-13-20(27)29-7-2/h8-11,15-16H,6-7,12-14H2,1-5H3. The van der Waals surface area contributed by atoms with Crippen molar-refractivity contribution in [2.24, 2.45) is 5.92 Å². The molecule has 1 atom stereocenters. The van der Waals surface area contributed by atoms with Crippen LogP contribution in [-0.4, -0.2) is 39.5 Å². The van der Waals surface area contributed by atoms with Crippen LogP contribution in [0.15, 0.2) is 29.1 Å². The number of hydrogen-bond donors (Lipinski definition) is 0. The van der Waals surface area contributed by atoms with Gasteiger partial charge in [0, 0.05) is 19.5 Å². The van der Waals surface area contributed by atoms with Crippen molar-refractivity contribution in [2.45, 2.75) is 60.0 Å². The molecule has 0 radical (unpaired) electrons. The van der Waals surface area contributed by atoms with Gasteiger partial charge in [0.15, 0.2) is 0 Å². The van der Waals surface area contributed by atoms with E-state index in [9.17, 15) is 14.4 Å². The lowest BCUT2D eigenvalue weighted by Gasteiger charge is -2.31. The zero-order chi connectivity index (χ0) is 21.6. The smallest absolute Gasteiger partial charge is 0.306 e. The van der Waals surface area contributed by atoms with Gasteiger partial charge in [-0.3, -0.25) is 19.0 Å². The van der Waals surface area contributed by atoms with Crippen molar-refractivity contribution in [1.82, 2.24) is 14.5 Å². The quantitative estimate of drug-likeness (QED) is 0.602. The van der Waals surface area contributed by atoms with Crippen LogP contribution in [0.5, 0.6) is 0 Å². The summed E-state index contributed by atoms with van der Waals surface area (Å²) < 4.78 is 6.56. The molecule has 7 heteroatoms.